The van der Waals surface area contributed by atoms with E-state index in [0.717, 1.165) is 8.61 Å². The molecule has 1 atom stereocenters. The van der Waals surface area contributed by atoms with Gasteiger partial charge in [-0.2, -0.15) is 0 Å². The zero-order valence-corrected chi connectivity index (χ0v) is 25.0. The van der Waals surface area contributed by atoms with Gasteiger partial charge in [0.15, 0.2) is 0 Å². The number of anilines is 2. The molecule has 0 saturated carbocycles. The molecule has 43 heavy (non-hydrogen) atoms. The van der Waals surface area contributed by atoms with Gasteiger partial charge in [-0.3, -0.25) is 18.2 Å². The third kappa shape index (κ3) is 7.99. The number of rotatable bonds is 13. The number of carbonyl (C=O) groups excluding carboxylic acids is 2. The van der Waals surface area contributed by atoms with Crippen molar-refractivity contribution < 1.29 is 26.4 Å². The monoisotopic (exact) mass is 620 g/mol. The highest BCUT2D eigenvalue weighted by molar-refractivity contribution is 7.93. The summed E-state index contributed by atoms with van der Waals surface area (Å²) in [6, 6.07) is 31.6. The second-order valence-corrected chi connectivity index (χ2v) is 13.3. The molecule has 10 nitrogen and oxygen atoms in total. The lowest BCUT2D eigenvalue weighted by Gasteiger charge is -2.26. The summed E-state index contributed by atoms with van der Waals surface area (Å²) in [5.74, 6) is -1.16. The van der Waals surface area contributed by atoms with E-state index in [1.807, 2.05) is 0 Å². The number of hydrogen-bond donors (Lipinski definition) is 2. The first-order chi connectivity index (χ1) is 20.6. The van der Waals surface area contributed by atoms with Crippen LogP contribution in [0.25, 0.3) is 0 Å². The third-order valence-electron chi connectivity index (χ3n) is 6.34. The highest BCUT2D eigenvalue weighted by Gasteiger charge is 2.29. The van der Waals surface area contributed by atoms with Crippen LogP contribution in [0.1, 0.15) is 6.92 Å². The van der Waals surface area contributed by atoms with Gasteiger partial charge >= 0.3 is 0 Å². The smallest absolute Gasteiger partial charge is 0.264 e. The van der Waals surface area contributed by atoms with E-state index in [9.17, 15) is 26.4 Å². The average molecular weight is 621 g/mol. The zero-order valence-electron chi connectivity index (χ0n) is 23.4. The number of hydrogen-bond acceptors (Lipinski definition) is 6. The molecule has 4 rings (SSSR count). The third-order valence-corrected chi connectivity index (χ3v) is 9.91. The van der Waals surface area contributed by atoms with Crippen LogP contribution in [-0.2, 0) is 29.6 Å². The van der Waals surface area contributed by atoms with Crippen molar-refractivity contribution in [2.24, 2.45) is 0 Å². The molecule has 0 aliphatic rings. The fourth-order valence-corrected chi connectivity index (χ4v) is 7.10. The Hall–Kier alpha value is -4.68. The van der Waals surface area contributed by atoms with Gasteiger partial charge in [-0.05, 0) is 55.5 Å². The molecule has 224 valence electrons. The lowest BCUT2D eigenvalue weighted by atomic mass is 10.3. The maximum absolute atomic E-state index is 13.4. The minimum Gasteiger partial charge on any atom is -0.352 e. The van der Waals surface area contributed by atoms with Gasteiger partial charge in [0, 0.05) is 12.6 Å². The Bertz CT molecular complexity index is 1720. The lowest BCUT2D eigenvalue weighted by Crippen LogP contribution is -2.48. The summed E-state index contributed by atoms with van der Waals surface area (Å²) < 4.78 is 55.6. The number of nitrogens with one attached hydrogen (secondary N) is 2. The quantitative estimate of drug-likeness (QED) is 0.236. The highest BCUT2D eigenvalue weighted by Crippen LogP contribution is 2.24. The molecular weight excluding hydrogens is 588 g/mol. The van der Waals surface area contributed by atoms with E-state index >= 15 is 0 Å². The minimum absolute atomic E-state index is 0.0185. The molecule has 4 aromatic rings. The van der Waals surface area contributed by atoms with Crippen molar-refractivity contribution in [3.8, 4) is 0 Å². The number of para-hydroxylation sites is 2. The fraction of sp³-hybridized carbons (Fsp3) is 0.161. The van der Waals surface area contributed by atoms with E-state index in [1.165, 1.54) is 24.3 Å². The van der Waals surface area contributed by atoms with Crippen molar-refractivity contribution in [1.82, 2.24) is 10.6 Å². The van der Waals surface area contributed by atoms with Crippen LogP contribution in [0.5, 0.6) is 0 Å². The van der Waals surface area contributed by atoms with Crippen LogP contribution in [0.15, 0.2) is 131 Å². The molecule has 0 radical (unpaired) electrons. The molecule has 0 aliphatic carbocycles. The van der Waals surface area contributed by atoms with Gasteiger partial charge in [0.25, 0.3) is 20.0 Å². The molecule has 0 unspecified atom stereocenters. The molecule has 0 aromatic heterocycles. The Morgan fingerprint density at radius 2 is 0.930 bits per heavy atom. The van der Waals surface area contributed by atoms with E-state index in [-0.39, 0.29) is 16.3 Å². The van der Waals surface area contributed by atoms with Crippen LogP contribution in [0, 0.1) is 0 Å². The van der Waals surface area contributed by atoms with Crippen LogP contribution in [0.2, 0.25) is 0 Å². The van der Waals surface area contributed by atoms with E-state index in [4.69, 9.17) is 0 Å². The maximum atomic E-state index is 13.4. The van der Waals surface area contributed by atoms with Crippen molar-refractivity contribution >= 4 is 43.2 Å². The highest BCUT2D eigenvalue weighted by atomic mass is 32.2. The van der Waals surface area contributed by atoms with Gasteiger partial charge in [0.05, 0.1) is 21.2 Å². The van der Waals surface area contributed by atoms with Crippen molar-refractivity contribution in [2.75, 3.05) is 28.2 Å². The second kappa shape index (κ2) is 14.0. The Balaban J connectivity index is 1.41. The second-order valence-electron chi connectivity index (χ2n) is 9.59. The standard InChI is InChI=1S/C31H32N4O6S2/c1-25(33-31(37)24-35(27-16-8-3-9-17-27)43(40,41)29-20-12-5-13-21-29)22-32-30(36)23-34(26-14-6-2-7-15-26)42(38,39)28-18-10-4-11-19-28/h2-21,25H,22-24H2,1H3,(H,32,36)(H,33,37)/t25-/m0/s1. The van der Waals surface area contributed by atoms with Crippen LogP contribution in [0.3, 0.4) is 0 Å². The number of carbonyl (C=O) groups is 2. The van der Waals surface area contributed by atoms with Crippen LogP contribution < -0.4 is 19.2 Å². The summed E-state index contributed by atoms with van der Waals surface area (Å²) in [5, 5.41) is 5.37. The molecule has 0 fully saturated rings. The summed E-state index contributed by atoms with van der Waals surface area (Å²) in [7, 11) is -8.09. The Morgan fingerprint density at radius 1 is 0.581 bits per heavy atom. The molecule has 0 aliphatic heterocycles. The molecule has 0 spiro atoms. The van der Waals surface area contributed by atoms with E-state index < -0.39 is 51.0 Å². The normalized spacial score (nSPS) is 12.1. The van der Waals surface area contributed by atoms with Gasteiger partial charge in [-0.25, -0.2) is 16.8 Å². The topological polar surface area (TPSA) is 133 Å². The van der Waals surface area contributed by atoms with Gasteiger partial charge in [0.2, 0.25) is 11.8 Å². The van der Waals surface area contributed by atoms with Crippen LogP contribution in [0.4, 0.5) is 11.4 Å². The fourth-order valence-electron chi connectivity index (χ4n) is 4.21. The van der Waals surface area contributed by atoms with E-state index in [2.05, 4.69) is 10.6 Å². The molecule has 12 heteroatoms. The largest absolute Gasteiger partial charge is 0.352 e. The first kappa shape index (κ1) is 31.3. The number of sulfonamides is 2. The summed E-state index contributed by atoms with van der Waals surface area (Å²) in [4.78, 5) is 26.0. The molecular formula is C31H32N4O6S2. The average Bonchev–Trinajstić information content (AvgIpc) is 3.03. The number of nitrogens with zero attached hydrogens (tertiary/aromatic N) is 2. The van der Waals surface area contributed by atoms with Gasteiger partial charge in [-0.15, -0.1) is 0 Å². The van der Waals surface area contributed by atoms with Crippen molar-refractivity contribution in [2.45, 2.75) is 22.8 Å². The molecule has 2 N–H and O–H groups in total. The van der Waals surface area contributed by atoms with E-state index in [0.29, 0.717) is 11.4 Å². The SMILES string of the molecule is C[C@@H](CNC(=O)CN(c1ccccc1)S(=O)(=O)c1ccccc1)NC(=O)CN(c1ccccc1)S(=O)(=O)c1ccccc1. The summed E-state index contributed by atoms with van der Waals surface area (Å²) in [6.45, 7) is 0.650. The minimum atomic E-state index is -4.05. The van der Waals surface area contributed by atoms with Gasteiger partial charge in [-0.1, -0.05) is 72.8 Å². The van der Waals surface area contributed by atoms with Gasteiger partial charge < -0.3 is 10.6 Å². The molecule has 0 saturated heterocycles. The molecule has 2 amide bonds. The Labute approximate surface area is 252 Å². The maximum Gasteiger partial charge on any atom is 0.264 e. The Kier molecular flexibility index (Phi) is 10.2. The molecule has 4 aromatic carbocycles. The number of benzene rings is 4. The first-order valence-electron chi connectivity index (χ1n) is 13.4. The Morgan fingerprint density at radius 3 is 1.33 bits per heavy atom. The summed E-state index contributed by atoms with van der Waals surface area (Å²) in [6.07, 6.45) is 0. The summed E-state index contributed by atoms with van der Waals surface area (Å²) >= 11 is 0. The van der Waals surface area contributed by atoms with Gasteiger partial charge in [0.1, 0.15) is 13.1 Å². The molecule has 0 bridgehead atoms. The van der Waals surface area contributed by atoms with Crippen molar-refractivity contribution in [3.63, 3.8) is 0 Å². The predicted molar refractivity (Wildman–Crippen MR) is 165 cm³/mol. The van der Waals surface area contributed by atoms with Crippen molar-refractivity contribution in [3.05, 3.63) is 121 Å². The molecule has 0 heterocycles. The first-order valence-corrected chi connectivity index (χ1v) is 16.3. The van der Waals surface area contributed by atoms with E-state index in [1.54, 1.807) is 104 Å². The van der Waals surface area contributed by atoms with Crippen molar-refractivity contribution in [1.29, 1.82) is 0 Å². The lowest BCUT2D eigenvalue weighted by molar-refractivity contribution is -0.122. The number of amides is 2. The zero-order chi connectivity index (χ0) is 30.9. The van der Waals surface area contributed by atoms with Crippen LogP contribution >= 0.6 is 0 Å². The predicted octanol–water partition coefficient (Wildman–Crippen LogP) is 3.40. The van der Waals surface area contributed by atoms with Crippen LogP contribution in [-0.4, -0.2) is 54.3 Å². The summed E-state index contributed by atoms with van der Waals surface area (Å²) in [5.41, 5.74) is 0.645.